The van der Waals surface area contributed by atoms with Gasteiger partial charge in [-0.2, -0.15) is 0 Å². The van der Waals surface area contributed by atoms with Crippen molar-refractivity contribution in [3.05, 3.63) is 65.2 Å². The lowest BCUT2D eigenvalue weighted by Crippen LogP contribution is -2.15. The van der Waals surface area contributed by atoms with Crippen LogP contribution in [0.15, 0.2) is 47.4 Å². The van der Waals surface area contributed by atoms with Gasteiger partial charge < -0.3 is 5.11 Å². The second kappa shape index (κ2) is 6.86. The lowest BCUT2D eigenvalue weighted by Gasteiger charge is -2.12. The van der Waals surface area contributed by atoms with Crippen molar-refractivity contribution in [2.75, 3.05) is 5.75 Å². The zero-order valence-electron chi connectivity index (χ0n) is 11.1. The van der Waals surface area contributed by atoms with Gasteiger partial charge in [0.05, 0.1) is 6.10 Å². The van der Waals surface area contributed by atoms with E-state index in [-0.39, 0.29) is 12.0 Å². The molecule has 20 heavy (non-hydrogen) atoms. The van der Waals surface area contributed by atoms with E-state index in [0.717, 1.165) is 10.5 Å². The van der Waals surface area contributed by atoms with Crippen LogP contribution in [0.2, 0.25) is 0 Å². The zero-order chi connectivity index (χ0) is 14.5. The summed E-state index contributed by atoms with van der Waals surface area (Å²) >= 11 is 1.48. The second-order valence-corrected chi connectivity index (χ2v) is 5.78. The Balaban J connectivity index is 1.94. The van der Waals surface area contributed by atoms with Gasteiger partial charge in [0.2, 0.25) is 0 Å². The largest absolute Gasteiger partial charge is 0.392 e. The molecule has 0 aliphatic rings. The molecule has 0 spiro atoms. The fraction of sp³-hybridized carbons (Fsp3) is 0.250. The molecule has 0 amide bonds. The number of aliphatic hydroxyl groups excluding tert-OH is 1. The number of hydrogen-bond donors (Lipinski definition) is 1. The molecule has 0 aliphatic carbocycles. The molecule has 1 atom stereocenters. The van der Waals surface area contributed by atoms with Crippen molar-refractivity contribution in [2.45, 2.75) is 24.3 Å². The van der Waals surface area contributed by atoms with Crippen molar-refractivity contribution in [3.63, 3.8) is 0 Å². The maximum Gasteiger partial charge on any atom is 0.129 e. The highest BCUT2D eigenvalue weighted by atomic mass is 32.2. The Morgan fingerprint density at radius 2 is 1.75 bits per heavy atom. The minimum Gasteiger partial charge on any atom is -0.392 e. The van der Waals surface area contributed by atoms with Crippen molar-refractivity contribution in [1.29, 1.82) is 0 Å². The van der Waals surface area contributed by atoms with Crippen LogP contribution in [0.25, 0.3) is 0 Å². The van der Waals surface area contributed by atoms with E-state index in [9.17, 15) is 13.9 Å². The van der Waals surface area contributed by atoms with E-state index >= 15 is 0 Å². The van der Waals surface area contributed by atoms with E-state index in [4.69, 9.17) is 0 Å². The molecule has 2 aromatic carbocycles. The average Bonchev–Trinajstić information content (AvgIpc) is 2.41. The summed E-state index contributed by atoms with van der Waals surface area (Å²) < 4.78 is 26.9. The van der Waals surface area contributed by atoms with Crippen molar-refractivity contribution in [1.82, 2.24) is 0 Å². The van der Waals surface area contributed by atoms with Crippen LogP contribution in [-0.2, 0) is 6.42 Å². The van der Waals surface area contributed by atoms with Crippen LogP contribution >= 0.6 is 11.8 Å². The third-order valence-electron chi connectivity index (χ3n) is 2.93. The summed E-state index contributed by atoms with van der Waals surface area (Å²) in [4.78, 5) is 1.04. The van der Waals surface area contributed by atoms with E-state index in [1.807, 2.05) is 31.2 Å². The van der Waals surface area contributed by atoms with Crippen LogP contribution in [0.3, 0.4) is 0 Å². The first-order chi connectivity index (χ1) is 9.56. The fourth-order valence-corrected chi connectivity index (χ4v) is 2.87. The van der Waals surface area contributed by atoms with Gasteiger partial charge in [-0.3, -0.25) is 0 Å². The summed E-state index contributed by atoms with van der Waals surface area (Å²) in [6.07, 6.45) is -0.802. The summed E-state index contributed by atoms with van der Waals surface area (Å²) in [6, 6.07) is 11.6. The maximum absolute atomic E-state index is 13.5. The molecule has 4 heteroatoms. The molecular formula is C16H16F2OS. The van der Waals surface area contributed by atoms with Gasteiger partial charge in [0.25, 0.3) is 0 Å². The van der Waals surface area contributed by atoms with Crippen LogP contribution in [-0.4, -0.2) is 17.0 Å². The summed E-state index contributed by atoms with van der Waals surface area (Å²) in [6.45, 7) is 2.00. The molecule has 1 unspecified atom stereocenters. The quantitative estimate of drug-likeness (QED) is 0.842. The molecule has 0 saturated heterocycles. The van der Waals surface area contributed by atoms with E-state index in [1.54, 1.807) is 0 Å². The predicted octanol–water partition coefficient (Wildman–Crippen LogP) is 3.97. The highest BCUT2D eigenvalue weighted by molar-refractivity contribution is 7.99. The van der Waals surface area contributed by atoms with E-state index < -0.39 is 17.7 Å². The van der Waals surface area contributed by atoms with Crippen molar-refractivity contribution >= 4 is 11.8 Å². The van der Waals surface area contributed by atoms with E-state index in [1.165, 1.54) is 30.0 Å². The summed E-state index contributed by atoms with van der Waals surface area (Å²) in [7, 11) is 0. The Hall–Kier alpha value is -1.39. The molecule has 0 heterocycles. The number of halogens is 2. The molecule has 106 valence electrons. The highest BCUT2D eigenvalue weighted by Gasteiger charge is 2.14. The molecule has 0 aliphatic heterocycles. The fourth-order valence-electron chi connectivity index (χ4n) is 1.92. The number of thioether (sulfide) groups is 1. The van der Waals surface area contributed by atoms with Crippen LogP contribution in [0.1, 0.15) is 11.1 Å². The van der Waals surface area contributed by atoms with Crippen molar-refractivity contribution < 1.29 is 13.9 Å². The Kier molecular flexibility index (Phi) is 5.15. The summed E-state index contributed by atoms with van der Waals surface area (Å²) in [5.74, 6) is -0.814. The SMILES string of the molecule is Cc1cccc(SCC(O)Cc2c(F)cccc2F)c1. The predicted molar refractivity (Wildman–Crippen MR) is 78.0 cm³/mol. The third-order valence-corrected chi connectivity index (χ3v) is 4.07. The van der Waals surface area contributed by atoms with Crippen molar-refractivity contribution in [2.24, 2.45) is 0 Å². The highest BCUT2D eigenvalue weighted by Crippen LogP contribution is 2.22. The minimum absolute atomic E-state index is 0.0165. The van der Waals surface area contributed by atoms with Gasteiger partial charge in [0.1, 0.15) is 11.6 Å². The van der Waals surface area contributed by atoms with Gasteiger partial charge >= 0.3 is 0 Å². The molecule has 0 radical (unpaired) electrons. The summed E-state index contributed by atoms with van der Waals surface area (Å²) in [5, 5.41) is 9.93. The number of rotatable bonds is 5. The Morgan fingerprint density at radius 3 is 2.40 bits per heavy atom. The summed E-state index contributed by atoms with van der Waals surface area (Å²) in [5.41, 5.74) is 1.09. The van der Waals surface area contributed by atoms with Crippen LogP contribution in [0, 0.1) is 18.6 Å². The third kappa shape index (κ3) is 4.05. The van der Waals surface area contributed by atoms with Crippen LogP contribution in [0.4, 0.5) is 8.78 Å². The molecule has 2 rings (SSSR count). The molecule has 1 nitrogen and oxygen atoms in total. The lowest BCUT2D eigenvalue weighted by molar-refractivity contribution is 0.197. The Labute approximate surface area is 121 Å². The molecule has 1 N–H and O–H groups in total. The van der Waals surface area contributed by atoms with Gasteiger partial charge in [-0.1, -0.05) is 23.8 Å². The average molecular weight is 294 g/mol. The topological polar surface area (TPSA) is 20.2 Å². The first-order valence-corrected chi connectivity index (χ1v) is 7.35. The van der Waals surface area contributed by atoms with Gasteiger partial charge in [-0.05, 0) is 31.2 Å². The standard InChI is InChI=1S/C16H16F2OS/c1-11-4-2-5-13(8-11)20-10-12(19)9-14-15(17)6-3-7-16(14)18/h2-8,12,19H,9-10H2,1H3. The maximum atomic E-state index is 13.5. The molecule has 0 aromatic heterocycles. The monoisotopic (exact) mass is 294 g/mol. The molecule has 2 aromatic rings. The Bertz CT molecular complexity index is 566. The molecule has 0 bridgehead atoms. The van der Waals surface area contributed by atoms with E-state index in [0.29, 0.717) is 5.75 Å². The molecule has 0 saturated carbocycles. The van der Waals surface area contributed by atoms with Gasteiger partial charge in [-0.25, -0.2) is 8.78 Å². The van der Waals surface area contributed by atoms with E-state index in [2.05, 4.69) is 0 Å². The second-order valence-electron chi connectivity index (χ2n) is 4.69. The van der Waals surface area contributed by atoms with Gasteiger partial charge in [0, 0.05) is 22.6 Å². The lowest BCUT2D eigenvalue weighted by atomic mass is 10.1. The van der Waals surface area contributed by atoms with Crippen LogP contribution in [0.5, 0.6) is 0 Å². The smallest absolute Gasteiger partial charge is 0.129 e. The van der Waals surface area contributed by atoms with Gasteiger partial charge in [0.15, 0.2) is 0 Å². The Morgan fingerprint density at radius 1 is 1.10 bits per heavy atom. The normalized spacial score (nSPS) is 12.4. The number of aliphatic hydroxyl groups is 1. The number of hydrogen-bond acceptors (Lipinski definition) is 2. The zero-order valence-corrected chi connectivity index (χ0v) is 12.0. The molecule has 0 fully saturated rings. The van der Waals surface area contributed by atoms with Crippen LogP contribution < -0.4 is 0 Å². The first kappa shape index (κ1) is 15.0. The number of benzene rings is 2. The molecular weight excluding hydrogens is 278 g/mol. The first-order valence-electron chi connectivity index (χ1n) is 6.36. The van der Waals surface area contributed by atoms with Gasteiger partial charge in [-0.15, -0.1) is 11.8 Å². The number of aryl methyl sites for hydroxylation is 1. The minimum atomic E-state index is -0.785. The van der Waals surface area contributed by atoms with Crippen molar-refractivity contribution in [3.8, 4) is 0 Å².